The molecule has 0 unspecified atom stereocenters. The molecule has 0 fully saturated rings. The van der Waals surface area contributed by atoms with E-state index in [1.165, 1.54) is 0 Å². The maximum Gasteiger partial charge on any atom is 0.573 e. The van der Waals surface area contributed by atoms with Crippen LogP contribution < -0.4 is 4.74 Å². The Morgan fingerprint density at radius 2 is 1.20 bits per heavy atom. The highest BCUT2D eigenvalue weighted by Crippen LogP contribution is 2.39. The molecular weight excluding hydrogens is 491 g/mol. The Bertz CT molecular complexity index is 1210. The van der Waals surface area contributed by atoms with Crippen molar-refractivity contribution in [2.45, 2.75) is 39.0 Å². The zero-order chi connectivity index (χ0) is 26.1. The molecule has 0 bridgehead atoms. The molecule has 187 valence electrons. The Hall–Kier alpha value is -3.37. The number of hydrogen-bond donors (Lipinski definition) is 0. The average molecular weight is 507 g/mol. The van der Waals surface area contributed by atoms with Crippen molar-refractivity contribution in [2.75, 3.05) is 0 Å². The van der Waals surface area contributed by atoms with Crippen LogP contribution in [0.1, 0.15) is 30.0 Å². The van der Waals surface area contributed by atoms with E-state index in [1.807, 2.05) is 0 Å². The number of alkyl halides is 3. The highest BCUT2D eigenvalue weighted by Gasteiger charge is 2.34. The number of halogens is 9. The first-order valence-electron chi connectivity index (χ1n) is 10.2. The molecule has 0 saturated heterocycles. The fourth-order valence-corrected chi connectivity index (χ4v) is 3.64. The van der Waals surface area contributed by atoms with Gasteiger partial charge in [0.25, 0.3) is 0 Å². The summed E-state index contributed by atoms with van der Waals surface area (Å²) in [4.78, 5) is 0. The first kappa shape index (κ1) is 26.2. The third-order valence-electron chi connectivity index (χ3n) is 5.11. The molecule has 0 aliphatic rings. The van der Waals surface area contributed by atoms with Crippen molar-refractivity contribution in [3.05, 3.63) is 81.9 Å². The zero-order valence-corrected chi connectivity index (χ0v) is 17.9. The Morgan fingerprint density at radius 3 is 1.71 bits per heavy atom. The Morgan fingerprint density at radius 1 is 0.686 bits per heavy atom. The van der Waals surface area contributed by atoms with Crippen LogP contribution in [-0.4, -0.2) is 6.36 Å². The van der Waals surface area contributed by atoms with Crippen molar-refractivity contribution in [2.24, 2.45) is 0 Å². The van der Waals surface area contributed by atoms with Crippen molar-refractivity contribution in [1.82, 2.24) is 0 Å². The normalized spacial score (nSPS) is 11.7. The van der Waals surface area contributed by atoms with E-state index in [-0.39, 0.29) is 11.1 Å². The third-order valence-corrected chi connectivity index (χ3v) is 5.11. The fourth-order valence-electron chi connectivity index (χ4n) is 3.64. The summed E-state index contributed by atoms with van der Waals surface area (Å²) in [6, 6.07) is 3.15. The van der Waals surface area contributed by atoms with E-state index in [4.69, 9.17) is 0 Å². The van der Waals surface area contributed by atoms with Gasteiger partial charge in [-0.05, 0) is 54.7 Å². The summed E-state index contributed by atoms with van der Waals surface area (Å²) >= 11 is 0. The van der Waals surface area contributed by atoms with E-state index in [2.05, 4.69) is 4.74 Å². The molecule has 0 aliphatic carbocycles. The van der Waals surface area contributed by atoms with Crippen LogP contribution in [0.2, 0.25) is 0 Å². The first-order valence-corrected chi connectivity index (χ1v) is 10.2. The van der Waals surface area contributed by atoms with E-state index < -0.39 is 82.3 Å². The lowest BCUT2D eigenvalue weighted by molar-refractivity contribution is -0.276. The van der Waals surface area contributed by atoms with Crippen LogP contribution in [0.5, 0.6) is 11.5 Å². The molecule has 35 heavy (non-hydrogen) atoms. The molecule has 2 nitrogen and oxygen atoms in total. The topological polar surface area (TPSA) is 29.1 Å². The second kappa shape index (κ2) is 10.1. The quantitative estimate of drug-likeness (QED) is 0.298. The monoisotopic (exact) mass is 507 g/mol. The predicted octanol–water partition coefficient (Wildman–Crippen LogP) is 7.97. The molecule has 0 N–H and O–H groups in total. The van der Waals surface area contributed by atoms with Gasteiger partial charge in [0.05, 0.1) is 11.1 Å². The van der Waals surface area contributed by atoms with Crippen molar-refractivity contribution >= 4 is 0 Å². The van der Waals surface area contributed by atoms with Crippen LogP contribution in [-0.2, 0) is 24.4 Å². The molecule has 1 radical (unpaired) electrons. The molecule has 0 heterocycles. The van der Waals surface area contributed by atoms with Gasteiger partial charge in [0.15, 0.2) is 17.4 Å². The van der Waals surface area contributed by atoms with Gasteiger partial charge in [0.2, 0.25) is 5.75 Å². The Balaban J connectivity index is 1.97. The van der Waals surface area contributed by atoms with E-state index in [9.17, 15) is 40.2 Å². The summed E-state index contributed by atoms with van der Waals surface area (Å²) in [6.45, 7) is 1.76. The van der Waals surface area contributed by atoms with E-state index in [1.54, 1.807) is 6.92 Å². The second-order valence-corrected chi connectivity index (χ2v) is 7.64. The van der Waals surface area contributed by atoms with Crippen LogP contribution in [0.25, 0.3) is 11.1 Å². The molecule has 3 aromatic carbocycles. The highest BCUT2D eigenvalue weighted by molar-refractivity contribution is 5.73. The number of ether oxygens (including phenoxy) is 1. The zero-order valence-electron chi connectivity index (χ0n) is 17.9. The van der Waals surface area contributed by atoms with Crippen molar-refractivity contribution in [1.29, 1.82) is 0 Å². The predicted molar refractivity (Wildman–Crippen MR) is 106 cm³/mol. The van der Waals surface area contributed by atoms with Crippen molar-refractivity contribution in [3.8, 4) is 22.6 Å². The smallest absolute Gasteiger partial charge is 0.399 e. The van der Waals surface area contributed by atoms with Gasteiger partial charge >= 0.3 is 6.36 Å². The average Bonchev–Trinajstić information content (AvgIpc) is 2.72. The largest absolute Gasteiger partial charge is 0.573 e. The van der Waals surface area contributed by atoms with E-state index in [0.29, 0.717) is 31.0 Å². The number of benzene rings is 3. The van der Waals surface area contributed by atoms with Gasteiger partial charge in [-0.3, -0.25) is 5.11 Å². The summed E-state index contributed by atoms with van der Waals surface area (Å²) in [7, 11) is 0. The summed E-state index contributed by atoms with van der Waals surface area (Å²) in [5.74, 6) is -11.8. The van der Waals surface area contributed by atoms with Gasteiger partial charge in [0, 0.05) is 11.6 Å². The summed E-state index contributed by atoms with van der Waals surface area (Å²) in [5, 5.41) is 12.2. The van der Waals surface area contributed by atoms with Crippen LogP contribution >= 0.6 is 0 Å². The SMILES string of the molecule is CCCc1cc(F)c(-c2c([O])cc(F)c(CCc3cc(F)c(OC(F)(F)F)c(F)c3)c2F)c(F)c1. The molecule has 0 saturated carbocycles. The third kappa shape index (κ3) is 5.83. The minimum Gasteiger partial charge on any atom is -0.399 e. The van der Waals surface area contributed by atoms with Crippen molar-refractivity contribution < 1.29 is 49.4 Å². The van der Waals surface area contributed by atoms with Crippen LogP contribution in [0.3, 0.4) is 0 Å². The molecule has 3 rings (SSSR count). The summed E-state index contributed by atoms with van der Waals surface area (Å²) in [6.07, 6.45) is -5.61. The van der Waals surface area contributed by atoms with Gasteiger partial charge < -0.3 is 4.74 Å². The van der Waals surface area contributed by atoms with Gasteiger partial charge in [-0.2, -0.15) is 0 Å². The first-order chi connectivity index (χ1) is 16.3. The summed E-state index contributed by atoms with van der Waals surface area (Å²) in [5.41, 5.74) is -2.86. The molecule has 0 atom stereocenters. The number of hydrogen-bond acceptors (Lipinski definition) is 1. The maximum atomic E-state index is 15.1. The second-order valence-electron chi connectivity index (χ2n) is 7.64. The molecule has 0 spiro atoms. The van der Waals surface area contributed by atoms with Crippen LogP contribution in [0, 0.1) is 34.9 Å². The minimum absolute atomic E-state index is 0.267. The van der Waals surface area contributed by atoms with Gasteiger partial charge in [-0.25, -0.2) is 26.3 Å². The standard InChI is InChI=1S/C24H16F9O2/c1-2-3-11-6-15(26)20(16(27)7-11)21-19(34)10-14(25)13(22(21)30)5-4-12-8-17(28)23(18(29)9-12)35-24(31,32)33/h6-10H,2-5H2,1H3. The van der Waals surface area contributed by atoms with Gasteiger partial charge in [-0.1, -0.05) is 13.3 Å². The van der Waals surface area contributed by atoms with E-state index >= 15 is 4.39 Å². The highest BCUT2D eigenvalue weighted by atomic mass is 19.4. The summed E-state index contributed by atoms with van der Waals surface area (Å²) < 4.78 is 127. The molecular formula is C24H16F9O2. The van der Waals surface area contributed by atoms with Crippen LogP contribution in [0.15, 0.2) is 30.3 Å². The number of aryl methyl sites for hydroxylation is 2. The number of rotatable bonds is 7. The Labute approximate surface area is 193 Å². The molecule has 0 aromatic heterocycles. The van der Waals surface area contributed by atoms with Crippen LogP contribution in [0.4, 0.5) is 39.5 Å². The minimum atomic E-state index is -5.36. The molecule has 0 aliphatic heterocycles. The van der Waals surface area contributed by atoms with E-state index in [0.717, 1.165) is 12.1 Å². The lowest BCUT2D eigenvalue weighted by Crippen LogP contribution is -2.19. The van der Waals surface area contributed by atoms with Crippen molar-refractivity contribution in [3.63, 3.8) is 0 Å². The van der Waals surface area contributed by atoms with Gasteiger partial charge in [-0.15, -0.1) is 13.2 Å². The molecule has 3 aromatic rings. The maximum absolute atomic E-state index is 15.1. The molecule has 0 amide bonds. The molecule has 11 heteroatoms. The lowest BCUT2D eigenvalue weighted by atomic mass is 9.94. The fraction of sp³-hybridized carbons (Fsp3) is 0.250. The Kier molecular flexibility index (Phi) is 7.56. The van der Waals surface area contributed by atoms with Gasteiger partial charge in [0.1, 0.15) is 23.3 Å². The lowest BCUT2D eigenvalue weighted by Gasteiger charge is -2.14.